The molecule has 0 aliphatic heterocycles. The molecule has 0 aliphatic rings. The number of benzene rings is 1. The number of aromatic nitrogens is 4. The topological polar surface area (TPSA) is 85.8 Å². The number of nitrogens with one attached hydrogen (secondary N) is 1. The molecule has 7 heteroatoms. The molecule has 0 saturated carbocycles. The number of hydrogen-bond acceptors (Lipinski definition) is 5. The first kappa shape index (κ1) is 13.0. The third kappa shape index (κ3) is 2.81. The van der Waals surface area contributed by atoms with Crippen LogP contribution in [0.1, 0.15) is 16.2 Å². The molecule has 0 unspecified atom stereocenters. The molecule has 3 aromatic rings. The van der Waals surface area contributed by atoms with Crippen LogP contribution in [-0.4, -0.2) is 25.8 Å². The Morgan fingerprint density at radius 1 is 1.24 bits per heavy atom. The molecule has 7 nitrogen and oxygen atoms in total. The van der Waals surface area contributed by atoms with Crippen molar-refractivity contribution in [2.75, 3.05) is 5.32 Å². The minimum absolute atomic E-state index is 0.220. The Balaban J connectivity index is 1.76. The average molecular weight is 283 g/mol. The van der Waals surface area contributed by atoms with Crippen molar-refractivity contribution in [3.05, 3.63) is 47.9 Å². The third-order valence-electron chi connectivity index (χ3n) is 2.88. The molecule has 3 rings (SSSR count). The Morgan fingerprint density at radius 2 is 2.00 bits per heavy atom. The molecule has 1 aromatic carbocycles. The van der Waals surface area contributed by atoms with Crippen molar-refractivity contribution < 1.29 is 9.32 Å². The van der Waals surface area contributed by atoms with E-state index in [0.717, 1.165) is 5.56 Å². The first-order valence-electron chi connectivity index (χ1n) is 6.33. The highest BCUT2D eigenvalue weighted by molar-refractivity contribution is 6.03. The van der Waals surface area contributed by atoms with E-state index >= 15 is 0 Å². The SMILES string of the molecule is Cc1noc(-c2ccc(C(=O)Nc3ccn(C)n3)cc2)n1. The summed E-state index contributed by atoms with van der Waals surface area (Å²) >= 11 is 0. The van der Waals surface area contributed by atoms with Crippen LogP contribution >= 0.6 is 0 Å². The summed E-state index contributed by atoms with van der Waals surface area (Å²) in [4.78, 5) is 16.2. The monoisotopic (exact) mass is 283 g/mol. The third-order valence-corrected chi connectivity index (χ3v) is 2.88. The lowest BCUT2D eigenvalue weighted by Gasteiger charge is -2.02. The number of hydrogen-bond donors (Lipinski definition) is 1. The molecule has 1 N–H and O–H groups in total. The van der Waals surface area contributed by atoms with Crippen molar-refractivity contribution in [1.82, 2.24) is 19.9 Å². The van der Waals surface area contributed by atoms with E-state index in [-0.39, 0.29) is 5.91 Å². The highest BCUT2D eigenvalue weighted by atomic mass is 16.5. The Kier molecular flexibility index (Phi) is 3.23. The number of carbonyl (C=O) groups excluding carboxylic acids is 1. The van der Waals surface area contributed by atoms with E-state index in [9.17, 15) is 4.79 Å². The van der Waals surface area contributed by atoms with E-state index in [1.807, 2.05) is 0 Å². The van der Waals surface area contributed by atoms with Crippen LogP contribution < -0.4 is 5.32 Å². The summed E-state index contributed by atoms with van der Waals surface area (Å²) in [5.41, 5.74) is 1.30. The van der Waals surface area contributed by atoms with Gasteiger partial charge < -0.3 is 9.84 Å². The van der Waals surface area contributed by atoms with Crippen LogP contribution in [0, 0.1) is 6.92 Å². The summed E-state index contributed by atoms with van der Waals surface area (Å²) in [6, 6.07) is 8.66. The van der Waals surface area contributed by atoms with Crippen LogP contribution in [0.4, 0.5) is 5.82 Å². The Bertz CT molecular complexity index is 773. The molecule has 2 heterocycles. The molecular formula is C14H13N5O2. The first-order chi connectivity index (χ1) is 10.1. The van der Waals surface area contributed by atoms with Crippen molar-refractivity contribution in [1.29, 1.82) is 0 Å². The molecule has 0 bridgehead atoms. The number of rotatable bonds is 3. The summed E-state index contributed by atoms with van der Waals surface area (Å²) in [5, 5.41) is 10.5. The predicted octanol–water partition coefficient (Wildman–Crippen LogP) is 2.03. The Hall–Kier alpha value is -2.96. The smallest absolute Gasteiger partial charge is 0.257 e. The van der Waals surface area contributed by atoms with E-state index in [2.05, 4.69) is 20.6 Å². The quantitative estimate of drug-likeness (QED) is 0.794. The van der Waals surface area contributed by atoms with Crippen LogP contribution in [-0.2, 0) is 7.05 Å². The second-order valence-corrected chi connectivity index (χ2v) is 4.55. The van der Waals surface area contributed by atoms with Gasteiger partial charge in [-0.05, 0) is 31.2 Å². The fourth-order valence-corrected chi connectivity index (χ4v) is 1.85. The number of anilines is 1. The molecule has 0 saturated heterocycles. The van der Waals surface area contributed by atoms with Crippen molar-refractivity contribution in [3.63, 3.8) is 0 Å². The lowest BCUT2D eigenvalue weighted by Crippen LogP contribution is -2.12. The maximum Gasteiger partial charge on any atom is 0.257 e. The van der Waals surface area contributed by atoms with Crippen molar-refractivity contribution in [3.8, 4) is 11.5 Å². The number of amides is 1. The number of carbonyl (C=O) groups is 1. The second-order valence-electron chi connectivity index (χ2n) is 4.55. The van der Waals surface area contributed by atoms with E-state index in [1.54, 1.807) is 55.2 Å². The van der Waals surface area contributed by atoms with Crippen molar-refractivity contribution >= 4 is 11.7 Å². The fourth-order valence-electron chi connectivity index (χ4n) is 1.85. The van der Waals surface area contributed by atoms with Gasteiger partial charge in [0.05, 0.1) is 0 Å². The largest absolute Gasteiger partial charge is 0.334 e. The molecule has 0 spiro atoms. The predicted molar refractivity (Wildman–Crippen MR) is 75.6 cm³/mol. The van der Waals surface area contributed by atoms with E-state index in [4.69, 9.17) is 4.52 Å². The van der Waals surface area contributed by atoms with Crippen LogP contribution in [0.2, 0.25) is 0 Å². The van der Waals surface area contributed by atoms with Crippen molar-refractivity contribution in [2.45, 2.75) is 6.92 Å². The summed E-state index contributed by atoms with van der Waals surface area (Å²) < 4.78 is 6.70. The maximum absolute atomic E-state index is 12.1. The molecule has 2 aromatic heterocycles. The number of aryl methyl sites for hydroxylation is 2. The summed E-state index contributed by atoms with van der Waals surface area (Å²) in [7, 11) is 1.79. The summed E-state index contributed by atoms with van der Waals surface area (Å²) in [6.07, 6.45) is 1.76. The van der Waals surface area contributed by atoms with Gasteiger partial charge in [0, 0.05) is 30.4 Å². The van der Waals surface area contributed by atoms with Gasteiger partial charge in [0.15, 0.2) is 11.6 Å². The highest BCUT2D eigenvalue weighted by Gasteiger charge is 2.10. The molecule has 1 amide bonds. The summed E-state index contributed by atoms with van der Waals surface area (Å²) in [6.45, 7) is 1.75. The minimum atomic E-state index is -0.220. The molecule has 106 valence electrons. The van der Waals surface area contributed by atoms with Crippen LogP contribution in [0.3, 0.4) is 0 Å². The van der Waals surface area contributed by atoms with Gasteiger partial charge >= 0.3 is 0 Å². The van der Waals surface area contributed by atoms with Crippen LogP contribution in [0.15, 0.2) is 41.1 Å². The zero-order valence-corrected chi connectivity index (χ0v) is 11.6. The maximum atomic E-state index is 12.1. The van der Waals surface area contributed by atoms with Crippen LogP contribution in [0.25, 0.3) is 11.5 Å². The van der Waals surface area contributed by atoms with Gasteiger partial charge in [0.1, 0.15) is 0 Å². The summed E-state index contributed by atoms with van der Waals surface area (Å²) in [5.74, 6) is 1.30. The molecule has 0 aliphatic carbocycles. The zero-order chi connectivity index (χ0) is 14.8. The zero-order valence-electron chi connectivity index (χ0n) is 11.6. The second kappa shape index (κ2) is 5.20. The molecular weight excluding hydrogens is 270 g/mol. The van der Waals surface area contributed by atoms with E-state index < -0.39 is 0 Å². The Labute approximate surface area is 120 Å². The van der Waals surface area contributed by atoms with Gasteiger partial charge in [-0.3, -0.25) is 9.48 Å². The normalized spacial score (nSPS) is 10.6. The van der Waals surface area contributed by atoms with E-state index in [1.165, 1.54) is 0 Å². The van der Waals surface area contributed by atoms with Gasteiger partial charge in [0.25, 0.3) is 11.8 Å². The van der Waals surface area contributed by atoms with Gasteiger partial charge in [-0.2, -0.15) is 10.1 Å². The first-order valence-corrected chi connectivity index (χ1v) is 6.33. The van der Waals surface area contributed by atoms with Crippen molar-refractivity contribution in [2.24, 2.45) is 7.05 Å². The van der Waals surface area contributed by atoms with Gasteiger partial charge in [-0.25, -0.2) is 0 Å². The lowest BCUT2D eigenvalue weighted by molar-refractivity contribution is 0.102. The molecule has 21 heavy (non-hydrogen) atoms. The average Bonchev–Trinajstić information content (AvgIpc) is 3.08. The molecule has 0 atom stereocenters. The van der Waals surface area contributed by atoms with Gasteiger partial charge in [-0.15, -0.1) is 0 Å². The number of nitrogens with zero attached hydrogens (tertiary/aromatic N) is 4. The molecule has 0 radical (unpaired) electrons. The lowest BCUT2D eigenvalue weighted by atomic mass is 10.1. The standard InChI is InChI=1S/C14H13N5O2/c1-9-15-14(21-18-9)11-5-3-10(4-6-11)13(20)16-12-7-8-19(2)17-12/h3-8H,1-2H3,(H,16,17,20). The van der Waals surface area contributed by atoms with Gasteiger partial charge in [0.2, 0.25) is 0 Å². The van der Waals surface area contributed by atoms with Gasteiger partial charge in [-0.1, -0.05) is 5.16 Å². The Morgan fingerprint density at radius 3 is 2.57 bits per heavy atom. The van der Waals surface area contributed by atoms with Crippen LogP contribution in [0.5, 0.6) is 0 Å². The highest BCUT2D eigenvalue weighted by Crippen LogP contribution is 2.18. The molecule has 0 fully saturated rings. The minimum Gasteiger partial charge on any atom is -0.334 e. The fraction of sp³-hybridized carbons (Fsp3) is 0.143. The van der Waals surface area contributed by atoms with E-state index in [0.29, 0.717) is 23.1 Å².